The van der Waals surface area contributed by atoms with Crippen LogP contribution in [0.4, 0.5) is 0 Å². The third kappa shape index (κ3) is 2.64. The van der Waals surface area contributed by atoms with Gasteiger partial charge in [-0.15, -0.1) is 0 Å². The number of aliphatic hydroxyl groups is 1. The molecule has 1 aromatic rings. The van der Waals surface area contributed by atoms with Gasteiger partial charge in [0.2, 0.25) is 0 Å². The summed E-state index contributed by atoms with van der Waals surface area (Å²) in [4.78, 5) is 0. The quantitative estimate of drug-likeness (QED) is 0.857. The minimum atomic E-state index is -0.148. The predicted molar refractivity (Wildman–Crippen MR) is 61.9 cm³/mol. The normalized spacial score (nSPS) is 30.9. The predicted octanol–water partition coefficient (Wildman–Crippen LogP) is 2.65. The maximum Gasteiger partial charge on any atom is 0.126 e. The molecule has 1 fully saturated rings. The van der Waals surface area contributed by atoms with E-state index >= 15 is 0 Å². The molecule has 0 bridgehead atoms. The average Bonchev–Trinajstić information content (AvgIpc) is 2.73. The third-order valence-corrected chi connectivity index (χ3v) is 3.91. The van der Waals surface area contributed by atoms with Gasteiger partial charge < -0.3 is 9.63 Å². The molecule has 3 atom stereocenters. The first kappa shape index (κ1) is 11.6. The molecule has 1 heterocycles. The number of aromatic nitrogens is 1. The highest BCUT2D eigenvalue weighted by molar-refractivity contribution is 5.03. The first-order valence-electron chi connectivity index (χ1n) is 6.23. The van der Waals surface area contributed by atoms with Crippen LogP contribution in [0.3, 0.4) is 0 Å². The van der Waals surface area contributed by atoms with Crippen molar-refractivity contribution < 1.29 is 9.63 Å². The van der Waals surface area contributed by atoms with Crippen molar-refractivity contribution in [2.45, 2.75) is 45.6 Å². The van der Waals surface area contributed by atoms with E-state index in [4.69, 9.17) is 4.52 Å². The van der Waals surface area contributed by atoms with Crippen LogP contribution in [-0.2, 0) is 6.42 Å². The molecule has 0 spiro atoms. The molecule has 0 aliphatic heterocycles. The van der Waals surface area contributed by atoms with Crippen LogP contribution in [0.5, 0.6) is 0 Å². The van der Waals surface area contributed by atoms with Gasteiger partial charge in [0.05, 0.1) is 12.3 Å². The summed E-state index contributed by atoms with van der Waals surface area (Å²) in [5, 5.41) is 13.7. The van der Waals surface area contributed by atoms with Crippen LogP contribution in [0.1, 0.15) is 38.7 Å². The summed E-state index contributed by atoms with van der Waals surface area (Å²) in [5.74, 6) is 1.85. The lowest BCUT2D eigenvalue weighted by molar-refractivity contribution is 0.0378. The van der Waals surface area contributed by atoms with Gasteiger partial charge in [-0.05, 0) is 43.4 Å². The second-order valence-electron chi connectivity index (χ2n) is 5.38. The highest BCUT2D eigenvalue weighted by atomic mass is 16.5. The number of hydrogen-bond donors (Lipinski definition) is 1. The molecule has 0 saturated heterocycles. The van der Waals surface area contributed by atoms with Crippen LogP contribution < -0.4 is 0 Å². The lowest BCUT2D eigenvalue weighted by Gasteiger charge is -2.35. The molecule has 0 amide bonds. The van der Waals surface area contributed by atoms with Gasteiger partial charge >= 0.3 is 0 Å². The minimum Gasteiger partial charge on any atom is -0.393 e. The zero-order valence-corrected chi connectivity index (χ0v) is 10.1. The lowest BCUT2D eigenvalue weighted by atomic mass is 9.73. The molecule has 0 radical (unpaired) electrons. The van der Waals surface area contributed by atoms with Crippen molar-refractivity contribution in [1.82, 2.24) is 5.16 Å². The molecule has 0 aromatic carbocycles. The van der Waals surface area contributed by atoms with Crippen molar-refractivity contribution in [2.75, 3.05) is 0 Å². The molecule has 1 aliphatic carbocycles. The maximum absolute atomic E-state index is 10.0. The van der Waals surface area contributed by atoms with Crippen LogP contribution in [-0.4, -0.2) is 16.4 Å². The Hall–Kier alpha value is -0.830. The molecular weight excluding hydrogens is 202 g/mol. The molecule has 3 heteroatoms. The van der Waals surface area contributed by atoms with Crippen LogP contribution in [0.25, 0.3) is 0 Å². The SMILES string of the molecule is CC(C)C1CCC(O)C(Cc2cnoc2)C1. The Morgan fingerprint density at radius 1 is 1.50 bits per heavy atom. The smallest absolute Gasteiger partial charge is 0.126 e. The Kier molecular flexibility index (Phi) is 3.64. The molecule has 90 valence electrons. The van der Waals surface area contributed by atoms with Crippen molar-refractivity contribution in [3.8, 4) is 0 Å². The first-order chi connectivity index (χ1) is 7.66. The number of nitrogens with zero attached hydrogens (tertiary/aromatic N) is 1. The molecule has 16 heavy (non-hydrogen) atoms. The Morgan fingerprint density at radius 2 is 2.31 bits per heavy atom. The lowest BCUT2D eigenvalue weighted by Crippen LogP contribution is -2.32. The van der Waals surface area contributed by atoms with E-state index < -0.39 is 0 Å². The Morgan fingerprint density at radius 3 is 2.94 bits per heavy atom. The van der Waals surface area contributed by atoms with E-state index in [-0.39, 0.29) is 6.10 Å². The number of aliphatic hydroxyl groups excluding tert-OH is 1. The van der Waals surface area contributed by atoms with E-state index in [1.807, 2.05) is 0 Å². The molecule has 1 aliphatic rings. The third-order valence-electron chi connectivity index (χ3n) is 3.91. The molecule has 3 nitrogen and oxygen atoms in total. The summed E-state index contributed by atoms with van der Waals surface area (Å²) < 4.78 is 4.83. The van der Waals surface area contributed by atoms with Gasteiger partial charge in [-0.2, -0.15) is 0 Å². The number of rotatable bonds is 3. The van der Waals surface area contributed by atoms with Crippen molar-refractivity contribution in [2.24, 2.45) is 17.8 Å². The average molecular weight is 223 g/mol. The minimum absolute atomic E-state index is 0.148. The Bertz CT molecular complexity index is 308. The molecule has 2 rings (SSSR count). The number of hydrogen-bond acceptors (Lipinski definition) is 3. The van der Waals surface area contributed by atoms with E-state index in [0.717, 1.165) is 36.7 Å². The molecule has 1 aromatic heterocycles. The molecular formula is C13H21NO2. The topological polar surface area (TPSA) is 46.3 Å². The fourth-order valence-electron chi connectivity index (χ4n) is 2.74. The van der Waals surface area contributed by atoms with Crippen LogP contribution in [0, 0.1) is 17.8 Å². The summed E-state index contributed by atoms with van der Waals surface area (Å²) in [6.07, 6.45) is 7.43. The highest BCUT2D eigenvalue weighted by Gasteiger charge is 2.30. The summed E-state index contributed by atoms with van der Waals surface area (Å²) in [6.45, 7) is 4.55. The van der Waals surface area contributed by atoms with E-state index in [0.29, 0.717) is 5.92 Å². The van der Waals surface area contributed by atoms with Gasteiger partial charge in [0.25, 0.3) is 0 Å². The first-order valence-corrected chi connectivity index (χ1v) is 6.23. The summed E-state index contributed by atoms with van der Waals surface area (Å²) in [6, 6.07) is 0. The zero-order valence-electron chi connectivity index (χ0n) is 10.1. The van der Waals surface area contributed by atoms with Crippen LogP contribution >= 0.6 is 0 Å². The Labute approximate surface area is 96.8 Å². The van der Waals surface area contributed by atoms with Crippen LogP contribution in [0.2, 0.25) is 0 Å². The van der Waals surface area contributed by atoms with Gasteiger partial charge in [0.15, 0.2) is 0 Å². The summed E-state index contributed by atoms with van der Waals surface area (Å²) in [5.41, 5.74) is 1.11. The van der Waals surface area contributed by atoms with E-state index in [1.165, 1.54) is 6.42 Å². The van der Waals surface area contributed by atoms with Crippen molar-refractivity contribution in [3.05, 3.63) is 18.0 Å². The fraction of sp³-hybridized carbons (Fsp3) is 0.769. The zero-order chi connectivity index (χ0) is 11.5. The van der Waals surface area contributed by atoms with Gasteiger partial charge in [-0.1, -0.05) is 19.0 Å². The Balaban J connectivity index is 1.96. The van der Waals surface area contributed by atoms with Crippen molar-refractivity contribution in [3.63, 3.8) is 0 Å². The van der Waals surface area contributed by atoms with E-state index in [1.54, 1.807) is 12.5 Å². The maximum atomic E-state index is 10.0. The summed E-state index contributed by atoms with van der Waals surface area (Å²) in [7, 11) is 0. The van der Waals surface area contributed by atoms with Crippen LogP contribution in [0.15, 0.2) is 17.0 Å². The molecule has 1 N–H and O–H groups in total. The second-order valence-corrected chi connectivity index (χ2v) is 5.38. The largest absolute Gasteiger partial charge is 0.393 e. The second kappa shape index (κ2) is 5.00. The molecule has 3 unspecified atom stereocenters. The van der Waals surface area contributed by atoms with Gasteiger partial charge in [0, 0.05) is 5.56 Å². The van der Waals surface area contributed by atoms with Crippen molar-refractivity contribution >= 4 is 0 Å². The van der Waals surface area contributed by atoms with E-state index in [9.17, 15) is 5.11 Å². The fourth-order valence-corrected chi connectivity index (χ4v) is 2.74. The standard InChI is InChI=1S/C13H21NO2/c1-9(2)11-3-4-13(15)12(6-11)5-10-7-14-16-8-10/h7-9,11-13,15H,3-6H2,1-2H3. The van der Waals surface area contributed by atoms with Gasteiger partial charge in [-0.25, -0.2) is 0 Å². The summed E-state index contributed by atoms with van der Waals surface area (Å²) >= 11 is 0. The van der Waals surface area contributed by atoms with Gasteiger partial charge in [-0.3, -0.25) is 0 Å². The van der Waals surface area contributed by atoms with Gasteiger partial charge in [0.1, 0.15) is 6.26 Å². The van der Waals surface area contributed by atoms with Crippen molar-refractivity contribution in [1.29, 1.82) is 0 Å². The monoisotopic (exact) mass is 223 g/mol. The molecule has 1 saturated carbocycles. The van der Waals surface area contributed by atoms with E-state index in [2.05, 4.69) is 19.0 Å². The highest BCUT2D eigenvalue weighted by Crippen LogP contribution is 2.35.